The Kier molecular flexibility index (Phi) is 10.5. The number of rotatable bonds is 13. The average Bonchev–Trinajstić information content (AvgIpc) is 3.27. The molecule has 228 valence electrons. The first-order valence-electron chi connectivity index (χ1n) is 13.9. The molecule has 0 radical (unpaired) electrons. The summed E-state index contributed by atoms with van der Waals surface area (Å²) in [6, 6.07) is 15.2. The Bertz CT molecular complexity index is 1800. The van der Waals surface area contributed by atoms with Crippen molar-refractivity contribution in [3.05, 3.63) is 105 Å². The summed E-state index contributed by atoms with van der Waals surface area (Å²) in [6.07, 6.45) is 8.49. The second-order valence-corrected chi connectivity index (χ2v) is 11.8. The smallest absolute Gasteiger partial charge is 0.279 e. The van der Waals surface area contributed by atoms with Crippen molar-refractivity contribution in [3.63, 3.8) is 0 Å². The van der Waals surface area contributed by atoms with Crippen LogP contribution in [0.4, 0.5) is 5.69 Å². The van der Waals surface area contributed by atoms with Gasteiger partial charge in [0.2, 0.25) is 10.0 Å². The third-order valence-corrected chi connectivity index (χ3v) is 7.39. The molecule has 3 aromatic rings. The zero-order valence-corrected chi connectivity index (χ0v) is 25.7. The first-order valence-corrected chi connectivity index (χ1v) is 15.8. The molecule has 43 heavy (non-hydrogen) atoms. The number of aromatic amines is 1. The van der Waals surface area contributed by atoms with E-state index in [2.05, 4.69) is 21.3 Å². The summed E-state index contributed by atoms with van der Waals surface area (Å²) in [5.41, 5.74) is 2.93. The van der Waals surface area contributed by atoms with Crippen LogP contribution in [0.25, 0.3) is 23.9 Å². The monoisotopic (exact) mass is 606 g/mol. The largest absolute Gasteiger partial charge is 0.490 e. The van der Waals surface area contributed by atoms with Crippen LogP contribution in [0.3, 0.4) is 0 Å². The summed E-state index contributed by atoms with van der Waals surface area (Å²) in [5, 5.41) is 4.05. The van der Waals surface area contributed by atoms with E-state index in [1.807, 2.05) is 86.7 Å². The molecule has 0 unspecified atom stereocenters. The maximum absolute atomic E-state index is 13.4. The van der Waals surface area contributed by atoms with E-state index in [1.165, 1.54) is 4.68 Å². The Labute approximate surface area is 251 Å². The van der Waals surface area contributed by atoms with Crippen LogP contribution in [-0.2, 0) is 19.5 Å². The fourth-order valence-electron chi connectivity index (χ4n) is 4.65. The molecule has 4 rings (SSSR count). The number of ether oxygens (including phenoxy) is 3. The number of H-pyrrole nitrogens is 1. The number of methoxy groups -OCH3 is 1. The number of benzene rings is 2. The average molecular weight is 607 g/mol. The van der Waals surface area contributed by atoms with Gasteiger partial charge in [-0.1, -0.05) is 24.8 Å². The van der Waals surface area contributed by atoms with Crippen LogP contribution in [0.15, 0.2) is 83.1 Å². The molecule has 1 aromatic heterocycles. The van der Waals surface area contributed by atoms with Gasteiger partial charge in [0.05, 0.1) is 29.1 Å². The van der Waals surface area contributed by atoms with E-state index in [4.69, 9.17) is 14.2 Å². The molecule has 1 aliphatic rings. The Morgan fingerprint density at radius 3 is 2.58 bits per heavy atom. The molecule has 0 saturated heterocycles. The number of aromatic nitrogens is 2. The van der Waals surface area contributed by atoms with E-state index in [-0.39, 0.29) is 12.1 Å². The first-order chi connectivity index (χ1) is 20.6. The number of likely N-dealkylation sites (N-methyl/N-ethyl adjacent to an activating group) is 1. The molecule has 11 heteroatoms. The van der Waals surface area contributed by atoms with Crippen molar-refractivity contribution in [3.8, 4) is 11.4 Å². The lowest BCUT2D eigenvalue weighted by molar-refractivity contribution is 0.146. The second kappa shape index (κ2) is 14.2. The van der Waals surface area contributed by atoms with Gasteiger partial charge in [-0.2, -0.15) is 0 Å². The van der Waals surface area contributed by atoms with E-state index in [0.717, 1.165) is 23.2 Å². The van der Waals surface area contributed by atoms with Gasteiger partial charge in [0.15, 0.2) is 0 Å². The highest BCUT2D eigenvalue weighted by atomic mass is 32.2. The molecule has 2 heterocycles. The summed E-state index contributed by atoms with van der Waals surface area (Å²) in [6.45, 7) is 10.2. The van der Waals surface area contributed by atoms with Crippen molar-refractivity contribution >= 4 is 33.9 Å². The van der Waals surface area contributed by atoms with Crippen LogP contribution >= 0.6 is 0 Å². The Balaban J connectivity index is 1.66. The SMILES string of the molecule is C=c1[nH]n(-c2ccccc2)c(=O)c1=C1C=C(C)OC(C=Cc2ccc(N(CC)CCNS(C)(=O)=O)cc2OCCOC)=C1. The quantitative estimate of drug-likeness (QED) is 0.288. The molecule has 0 atom stereocenters. The van der Waals surface area contributed by atoms with Crippen molar-refractivity contribution < 1.29 is 22.6 Å². The Hall–Kier alpha value is -4.32. The predicted molar refractivity (Wildman–Crippen MR) is 171 cm³/mol. The fraction of sp³-hybridized carbons (Fsp3) is 0.281. The highest BCUT2D eigenvalue weighted by Gasteiger charge is 2.14. The van der Waals surface area contributed by atoms with Gasteiger partial charge in [0.25, 0.3) is 5.56 Å². The van der Waals surface area contributed by atoms with Crippen molar-refractivity contribution in [2.45, 2.75) is 13.8 Å². The van der Waals surface area contributed by atoms with Gasteiger partial charge in [-0.05, 0) is 68.0 Å². The number of allylic oxidation sites excluding steroid dienone is 4. The second-order valence-electron chi connectivity index (χ2n) is 9.94. The Morgan fingerprint density at radius 1 is 1.12 bits per heavy atom. The van der Waals surface area contributed by atoms with Crippen molar-refractivity contribution in [2.24, 2.45) is 0 Å². The van der Waals surface area contributed by atoms with Crippen molar-refractivity contribution in [1.29, 1.82) is 0 Å². The van der Waals surface area contributed by atoms with E-state index < -0.39 is 10.0 Å². The molecule has 0 fully saturated rings. The van der Waals surface area contributed by atoms with Crippen LogP contribution < -0.4 is 30.5 Å². The number of hydrogen-bond acceptors (Lipinski definition) is 7. The molecule has 0 saturated carbocycles. The summed E-state index contributed by atoms with van der Waals surface area (Å²) >= 11 is 0. The fourth-order valence-corrected chi connectivity index (χ4v) is 5.11. The van der Waals surface area contributed by atoms with Gasteiger partial charge in [-0.15, -0.1) is 0 Å². The third kappa shape index (κ3) is 8.38. The minimum atomic E-state index is -3.27. The van der Waals surface area contributed by atoms with E-state index in [0.29, 0.717) is 59.7 Å². The molecule has 2 N–H and O–H groups in total. The van der Waals surface area contributed by atoms with E-state index in [1.54, 1.807) is 7.11 Å². The number of para-hydroxylation sites is 1. The maximum atomic E-state index is 13.4. The van der Waals surface area contributed by atoms with Crippen LogP contribution in [0, 0.1) is 0 Å². The van der Waals surface area contributed by atoms with E-state index >= 15 is 0 Å². The zero-order chi connectivity index (χ0) is 31.0. The lowest BCUT2D eigenvalue weighted by Gasteiger charge is -2.24. The van der Waals surface area contributed by atoms with E-state index in [9.17, 15) is 13.2 Å². The number of hydrogen-bond donors (Lipinski definition) is 2. The first kappa shape index (κ1) is 31.6. The van der Waals surface area contributed by atoms with Crippen molar-refractivity contribution in [2.75, 3.05) is 51.1 Å². The standard InChI is InChI=1S/C32H38N4O6S/c1-6-35(17-16-33-43(5,38)39)28-14-12-25(30(22-28)41-19-18-40-4)13-15-29-21-26(20-23(2)42-29)31-24(3)34-36(32(31)37)27-10-8-7-9-11-27/h7-15,20-22,33-34H,3,6,16-19H2,1-2,4-5H3. The van der Waals surface area contributed by atoms with Crippen LogP contribution in [-0.4, -0.2) is 64.4 Å². The lowest BCUT2D eigenvalue weighted by atomic mass is 10.1. The van der Waals surface area contributed by atoms with Gasteiger partial charge >= 0.3 is 0 Å². The number of nitrogens with zero attached hydrogens (tertiary/aromatic N) is 2. The highest BCUT2D eigenvalue weighted by Crippen LogP contribution is 2.28. The molecule has 2 aromatic carbocycles. The molecular weight excluding hydrogens is 568 g/mol. The molecular formula is C32H38N4O6S. The maximum Gasteiger partial charge on any atom is 0.279 e. The van der Waals surface area contributed by atoms with Gasteiger partial charge in [-0.3, -0.25) is 9.89 Å². The van der Waals surface area contributed by atoms with Gasteiger partial charge in [0, 0.05) is 44.1 Å². The molecule has 10 nitrogen and oxygen atoms in total. The topological polar surface area (TPSA) is 115 Å². The van der Waals surface area contributed by atoms with Crippen LogP contribution in [0.1, 0.15) is 19.4 Å². The van der Waals surface area contributed by atoms with Gasteiger partial charge in [-0.25, -0.2) is 17.8 Å². The molecule has 0 spiro atoms. The summed E-state index contributed by atoms with van der Waals surface area (Å²) < 4.78 is 44.2. The minimum absolute atomic E-state index is 0.201. The van der Waals surface area contributed by atoms with Crippen LogP contribution in [0.5, 0.6) is 5.75 Å². The summed E-state index contributed by atoms with van der Waals surface area (Å²) in [7, 11) is -1.66. The Morgan fingerprint density at radius 2 is 1.88 bits per heavy atom. The number of anilines is 1. The van der Waals surface area contributed by atoms with Crippen LogP contribution in [0.2, 0.25) is 0 Å². The predicted octanol–water partition coefficient (Wildman–Crippen LogP) is 2.66. The summed E-state index contributed by atoms with van der Waals surface area (Å²) in [4.78, 5) is 15.4. The normalized spacial score (nSPS) is 14.8. The van der Waals surface area contributed by atoms with Crippen molar-refractivity contribution in [1.82, 2.24) is 14.5 Å². The number of sulfonamides is 1. The molecule has 1 aliphatic heterocycles. The molecule has 0 bridgehead atoms. The zero-order valence-electron chi connectivity index (χ0n) is 24.9. The molecule has 0 amide bonds. The third-order valence-electron chi connectivity index (χ3n) is 6.67. The summed E-state index contributed by atoms with van der Waals surface area (Å²) in [5.74, 6) is 1.83. The van der Waals surface area contributed by atoms with Gasteiger partial charge in [0.1, 0.15) is 23.9 Å². The lowest BCUT2D eigenvalue weighted by Crippen LogP contribution is -2.36. The molecule has 0 aliphatic carbocycles. The number of nitrogens with one attached hydrogen (secondary N) is 2. The van der Waals surface area contributed by atoms with Gasteiger partial charge < -0.3 is 19.1 Å². The minimum Gasteiger partial charge on any atom is -0.490 e. The highest BCUT2D eigenvalue weighted by molar-refractivity contribution is 7.88.